The van der Waals surface area contributed by atoms with Crippen LogP contribution in [0.5, 0.6) is 11.5 Å². The van der Waals surface area contributed by atoms with Crippen molar-refractivity contribution in [3.8, 4) is 11.5 Å². The van der Waals surface area contributed by atoms with E-state index in [1.54, 1.807) is 0 Å². The number of carboxylic acids is 2. The zero-order chi connectivity index (χ0) is 32.4. The molecule has 2 saturated heterocycles. The molecule has 4 aliphatic rings. The quantitative estimate of drug-likeness (QED) is 0.0693. The number of cyclic esters (lactones) is 1. The number of hydroxylamine groups is 2. The maximum absolute atomic E-state index is 13.4. The standard InChI is InChI=1S/C25H24N6O13S/c26-23-28-12(8-45-23)16(29-44-24(1-2-24)21(38)39)17(34)27-11-7-42-31(19(11)36)25(22(40)41)5-13(20(37)43-25)30-6-9-3-14(32)15(33)4-10(9)18(30)35/h3-4,8,11,13,18,32-33,35H,1-2,5-7H2,(H2,26,28)(H,27,34)(H,38,39)(H,40,41)/b29-16-/t11-,13-,18?,25?/m0/s1. The summed E-state index contributed by atoms with van der Waals surface area (Å²) in [5, 5.41) is 57.7. The van der Waals surface area contributed by atoms with E-state index in [1.807, 2.05) is 0 Å². The van der Waals surface area contributed by atoms with Gasteiger partial charge in [0.05, 0.1) is 0 Å². The number of aliphatic hydroxyl groups is 1. The lowest BCUT2D eigenvalue weighted by Gasteiger charge is -2.31. The number of ether oxygens (including phenoxy) is 1. The Morgan fingerprint density at radius 1 is 1.16 bits per heavy atom. The fraction of sp³-hybridized carbons (Fsp3) is 0.400. The molecule has 8 N–H and O–H groups in total. The Bertz CT molecular complexity index is 1670. The van der Waals surface area contributed by atoms with Gasteiger partial charge in [-0.2, -0.15) is 5.06 Å². The molecule has 45 heavy (non-hydrogen) atoms. The van der Waals surface area contributed by atoms with Crippen LogP contribution >= 0.6 is 11.3 Å². The van der Waals surface area contributed by atoms with E-state index >= 15 is 0 Å². The second kappa shape index (κ2) is 10.5. The highest BCUT2D eigenvalue weighted by Crippen LogP contribution is 2.44. The molecule has 1 aromatic heterocycles. The summed E-state index contributed by atoms with van der Waals surface area (Å²) in [4.78, 5) is 79.2. The van der Waals surface area contributed by atoms with Crippen LogP contribution in [-0.2, 0) is 44.9 Å². The van der Waals surface area contributed by atoms with E-state index < -0.39 is 89.6 Å². The van der Waals surface area contributed by atoms with Crippen molar-refractivity contribution < 1.29 is 63.9 Å². The van der Waals surface area contributed by atoms with Crippen LogP contribution in [0.1, 0.15) is 42.3 Å². The molecule has 238 valence electrons. The molecule has 20 heteroatoms. The van der Waals surface area contributed by atoms with Crippen LogP contribution in [-0.4, -0.2) is 106 Å². The zero-order valence-corrected chi connectivity index (χ0v) is 23.6. The Hall–Kier alpha value is -5.05. The van der Waals surface area contributed by atoms with Crippen molar-refractivity contribution in [3.05, 3.63) is 34.3 Å². The number of thiazole rings is 1. The Morgan fingerprint density at radius 2 is 1.87 bits per heavy atom. The molecule has 3 fully saturated rings. The van der Waals surface area contributed by atoms with Gasteiger partial charge in [-0.15, -0.1) is 11.3 Å². The van der Waals surface area contributed by atoms with Gasteiger partial charge in [0.15, 0.2) is 22.3 Å². The number of oxime groups is 1. The lowest BCUT2D eigenvalue weighted by Crippen LogP contribution is -2.57. The van der Waals surface area contributed by atoms with Crippen molar-refractivity contribution in [3.63, 3.8) is 0 Å². The molecule has 2 amide bonds. The predicted molar refractivity (Wildman–Crippen MR) is 144 cm³/mol. The second-order valence-electron chi connectivity index (χ2n) is 10.7. The van der Waals surface area contributed by atoms with Gasteiger partial charge in [0.1, 0.15) is 30.6 Å². The first-order valence-corrected chi connectivity index (χ1v) is 14.1. The number of hydrogen-bond donors (Lipinski definition) is 7. The third kappa shape index (κ3) is 4.92. The van der Waals surface area contributed by atoms with E-state index in [1.165, 1.54) is 16.3 Å². The maximum Gasteiger partial charge on any atom is 0.372 e. The van der Waals surface area contributed by atoms with Crippen LogP contribution in [0.3, 0.4) is 0 Å². The number of carboxylic acid groups (broad SMARTS) is 2. The normalized spacial score (nSPS) is 27.3. The smallest absolute Gasteiger partial charge is 0.372 e. The summed E-state index contributed by atoms with van der Waals surface area (Å²) in [6.45, 7) is -0.730. The number of aliphatic carboxylic acids is 2. The van der Waals surface area contributed by atoms with Crippen LogP contribution in [0.2, 0.25) is 0 Å². The molecule has 3 aliphatic heterocycles. The third-order valence-corrected chi connectivity index (χ3v) is 8.49. The van der Waals surface area contributed by atoms with Crippen LogP contribution in [0.25, 0.3) is 0 Å². The molecule has 1 aliphatic carbocycles. The number of nitrogen functional groups attached to an aromatic ring is 1. The van der Waals surface area contributed by atoms with Gasteiger partial charge in [0.25, 0.3) is 11.8 Å². The first kappa shape index (κ1) is 30.0. The molecule has 2 aromatic rings. The lowest BCUT2D eigenvalue weighted by atomic mass is 10.0. The monoisotopic (exact) mass is 648 g/mol. The zero-order valence-electron chi connectivity index (χ0n) is 22.8. The maximum atomic E-state index is 13.4. The number of benzene rings is 1. The number of hydrogen-bond acceptors (Lipinski definition) is 16. The van der Waals surface area contributed by atoms with Crippen molar-refractivity contribution in [2.45, 2.75) is 55.4 Å². The molecular formula is C25H24N6O13S. The van der Waals surface area contributed by atoms with Crippen molar-refractivity contribution >= 4 is 51.9 Å². The number of anilines is 1. The van der Waals surface area contributed by atoms with E-state index in [4.69, 9.17) is 20.1 Å². The Labute approximate surface area is 254 Å². The highest BCUT2D eigenvalue weighted by molar-refractivity contribution is 7.13. The summed E-state index contributed by atoms with van der Waals surface area (Å²) in [5.41, 5.74) is 1.28. The summed E-state index contributed by atoms with van der Waals surface area (Å²) < 4.78 is 5.22. The number of carbonyl (C=O) groups excluding carboxylic acids is 3. The molecule has 0 radical (unpaired) electrons. The summed E-state index contributed by atoms with van der Waals surface area (Å²) in [7, 11) is 0. The Kier molecular flexibility index (Phi) is 7.03. The number of nitrogens with one attached hydrogen (secondary N) is 1. The van der Waals surface area contributed by atoms with E-state index in [0.29, 0.717) is 10.6 Å². The van der Waals surface area contributed by atoms with Crippen LogP contribution in [0, 0.1) is 0 Å². The Morgan fingerprint density at radius 3 is 2.49 bits per heavy atom. The molecule has 1 aromatic carbocycles. The number of amides is 2. The minimum Gasteiger partial charge on any atom is -0.504 e. The van der Waals surface area contributed by atoms with Gasteiger partial charge in [-0.3, -0.25) is 24.1 Å². The fourth-order valence-corrected chi connectivity index (χ4v) is 5.75. The molecule has 4 atom stereocenters. The first-order valence-electron chi connectivity index (χ1n) is 13.2. The molecule has 19 nitrogen and oxygen atoms in total. The SMILES string of the molecule is Nc1nc(/C(=N/OC2(C(=O)O)CC2)C(=O)N[C@H]2CON(C3(C(=O)O)C[C@H](N4Cc5cc(O)c(O)cc5C4O)C(=O)O3)C2=O)cs1. The largest absolute Gasteiger partial charge is 0.504 e. The number of aliphatic hydroxyl groups excluding tert-OH is 1. The van der Waals surface area contributed by atoms with Crippen molar-refractivity contribution in [1.82, 2.24) is 20.3 Å². The number of phenolic OH excluding ortho intramolecular Hbond substituents is 2. The van der Waals surface area contributed by atoms with E-state index in [-0.39, 0.29) is 35.8 Å². The van der Waals surface area contributed by atoms with E-state index in [2.05, 4.69) is 15.5 Å². The fourth-order valence-electron chi connectivity index (χ4n) is 5.20. The van der Waals surface area contributed by atoms with Gasteiger partial charge >= 0.3 is 23.6 Å². The first-order chi connectivity index (χ1) is 21.3. The van der Waals surface area contributed by atoms with Gasteiger partial charge in [-0.05, 0) is 17.7 Å². The van der Waals surface area contributed by atoms with Gasteiger partial charge in [-0.1, -0.05) is 5.16 Å². The number of esters is 1. The predicted octanol–water partition coefficient (Wildman–Crippen LogP) is -1.66. The number of aromatic nitrogens is 1. The summed E-state index contributed by atoms with van der Waals surface area (Å²) in [5.74, 6) is -7.32. The van der Waals surface area contributed by atoms with Gasteiger partial charge in [0, 0.05) is 36.8 Å². The minimum atomic E-state index is -2.69. The molecule has 1 saturated carbocycles. The van der Waals surface area contributed by atoms with Crippen LogP contribution in [0.15, 0.2) is 22.7 Å². The van der Waals surface area contributed by atoms with Crippen molar-refractivity contribution in [2.75, 3.05) is 12.3 Å². The van der Waals surface area contributed by atoms with Crippen LogP contribution < -0.4 is 11.1 Å². The molecule has 6 rings (SSSR count). The topological polar surface area (TPSA) is 284 Å². The van der Waals surface area contributed by atoms with Gasteiger partial charge in [0.2, 0.25) is 5.60 Å². The van der Waals surface area contributed by atoms with Crippen molar-refractivity contribution in [2.24, 2.45) is 5.16 Å². The number of nitrogens with two attached hydrogens (primary N) is 1. The van der Waals surface area contributed by atoms with Crippen LogP contribution in [0.4, 0.5) is 5.13 Å². The number of carbonyl (C=O) groups is 5. The summed E-state index contributed by atoms with van der Waals surface area (Å²) in [6, 6.07) is -0.634. The number of fused-ring (bicyclic) bond motifs is 1. The van der Waals surface area contributed by atoms with Gasteiger partial charge < -0.3 is 46.2 Å². The highest BCUT2D eigenvalue weighted by atomic mass is 32.1. The van der Waals surface area contributed by atoms with Crippen molar-refractivity contribution in [1.29, 1.82) is 0 Å². The Balaban J connectivity index is 1.20. The molecular weight excluding hydrogens is 624 g/mol. The minimum absolute atomic E-state index is 0.0529. The summed E-state index contributed by atoms with van der Waals surface area (Å²) in [6.07, 6.45) is -1.91. The summed E-state index contributed by atoms with van der Waals surface area (Å²) >= 11 is 0.951. The molecule has 2 unspecified atom stereocenters. The average Bonchev–Trinajstić information content (AvgIpc) is 3.15. The molecule has 0 spiro atoms. The molecule has 0 bridgehead atoms. The number of phenols is 2. The third-order valence-electron chi connectivity index (χ3n) is 7.81. The van der Waals surface area contributed by atoms with Gasteiger partial charge in [-0.25, -0.2) is 14.6 Å². The molecule has 4 heterocycles. The van der Waals surface area contributed by atoms with E-state index in [0.717, 1.165) is 17.4 Å². The average molecular weight is 649 g/mol. The number of aromatic hydroxyl groups is 2. The van der Waals surface area contributed by atoms with E-state index in [9.17, 15) is 49.5 Å². The number of rotatable bonds is 9. The highest BCUT2D eigenvalue weighted by Gasteiger charge is 2.64. The second-order valence-corrected chi connectivity index (χ2v) is 11.6. The number of nitrogens with zero attached hydrogens (tertiary/aromatic N) is 4. The lowest BCUT2D eigenvalue weighted by molar-refractivity contribution is -0.256.